The van der Waals surface area contributed by atoms with Gasteiger partial charge < -0.3 is 4.57 Å². The molecule has 0 atom stereocenters. The second kappa shape index (κ2) is 8.91. The first kappa shape index (κ1) is 22.0. The van der Waals surface area contributed by atoms with Gasteiger partial charge in [-0.25, -0.2) is 4.98 Å². The molecule has 6 rings (SSSR count). The number of halogens is 1. The van der Waals surface area contributed by atoms with Crippen LogP contribution in [0.2, 0.25) is 5.28 Å². The molecule has 0 N–H and O–H groups in total. The fourth-order valence-electron chi connectivity index (χ4n) is 4.65. The van der Waals surface area contributed by atoms with Crippen molar-refractivity contribution in [2.24, 2.45) is 0 Å². The molecule has 2 aromatic heterocycles. The Hall–Kier alpha value is -4.54. The van der Waals surface area contributed by atoms with E-state index in [1.165, 1.54) is 10.8 Å². The summed E-state index contributed by atoms with van der Waals surface area (Å²) in [6.45, 7) is 7.75. The fourth-order valence-corrected chi connectivity index (χ4v) is 4.81. The Bertz CT molecular complexity index is 1730. The molecule has 36 heavy (non-hydrogen) atoms. The van der Waals surface area contributed by atoms with Gasteiger partial charge in [-0.2, -0.15) is 9.97 Å². The molecular weight excluding hydrogens is 464 g/mol. The van der Waals surface area contributed by atoms with Crippen LogP contribution in [0.15, 0.2) is 104 Å². The monoisotopic (exact) mass is 484 g/mol. The zero-order valence-corrected chi connectivity index (χ0v) is 20.2. The second-order valence-electron chi connectivity index (χ2n) is 8.42. The van der Waals surface area contributed by atoms with E-state index < -0.39 is 0 Å². The lowest BCUT2D eigenvalue weighted by atomic mass is 10.0. The third-order valence-electron chi connectivity index (χ3n) is 6.36. The number of benzene rings is 4. The molecule has 6 aromatic rings. The summed E-state index contributed by atoms with van der Waals surface area (Å²) in [7, 11) is 0. The highest BCUT2D eigenvalue weighted by Gasteiger charge is 2.13. The summed E-state index contributed by atoms with van der Waals surface area (Å²) in [6, 6.07) is 31.0. The van der Waals surface area contributed by atoms with Gasteiger partial charge >= 0.3 is 0 Å². The molecule has 0 spiro atoms. The van der Waals surface area contributed by atoms with Gasteiger partial charge in [0.2, 0.25) is 5.28 Å². The van der Waals surface area contributed by atoms with Gasteiger partial charge in [0.25, 0.3) is 0 Å². The predicted octanol–water partition coefficient (Wildman–Crippen LogP) is 8.24. The van der Waals surface area contributed by atoms with E-state index in [-0.39, 0.29) is 5.28 Å². The molecule has 0 saturated carbocycles. The highest BCUT2D eigenvalue weighted by atomic mass is 35.5. The number of fused-ring (bicyclic) bond motifs is 3. The number of rotatable bonds is 5. The Morgan fingerprint density at radius 1 is 0.611 bits per heavy atom. The molecule has 0 radical (unpaired) electrons. The van der Waals surface area contributed by atoms with Crippen LogP contribution in [-0.2, 0) is 0 Å². The normalized spacial score (nSPS) is 11.1. The Morgan fingerprint density at radius 2 is 1.17 bits per heavy atom. The van der Waals surface area contributed by atoms with E-state index in [1.807, 2.05) is 30.3 Å². The first-order valence-corrected chi connectivity index (χ1v) is 11.9. The van der Waals surface area contributed by atoms with Gasteiger partial charge in [0, 0.05) is 27.6 Å². The van der Waals surface area contributed by atoms with Crippen LogP contribution < -0.4 is 0 Å². The zero-order valence-electron chi connectivity index (χ0n) is 19.4. The minimum atomic E-state index is 0.148. The van der Waals surface area contributed by atoms with Crippen LogP contribution in [0, 0.1) is 0 Å². The molecular formula is C31H21ClN4. The van der Waals surface area contributed by atoms with Gasteiger partial charge in [-0.3, -0.25) is 0 Å². The van der Waals surface area contributed by atoms with Crippen molar-refractivity contribution in [3.05, 3.63) is 121 Å². The number of hydrogen-bond acceptors (Lipinski definition) is 3. The predicted molar refractivity (Wildman–Crippen MR) is 150 cm³/mol. The van der Waals surface area contributed by atoms with E-state index in [0.29, 0.717) is 11.6 Å². The molecule has 4 aromatic carbocycles. The summed E-state index contributed by atoms with van der Waals surface area (Å²) in [5.41, 5.74) is 7.04. The molecule has 5 heteroatoms. The van der Waals surface area contributed by atoms with E-state index >= 15 is 0 Å². The summed E-state index contributed by atoms with van der Waals surface area (Å²) in [5, 5.41) is 2.61. The topological polar surface area (TPSA) is 43.6 Å². The summed E-state index contributed by atoms with van der Waals surface area (Å²) >= 11 is 6.32. The lowest BCUT2D eigenvalue weighted by molar-refractivity contribution is 1.06. The van der Waals surface area contributed by atoms with Crippen LogP contribution in [0.5, 0.6) is 0 Å². The van der Waals surface area contributed by atoms with Crippen LogP contribution in [0.3, 0.4) is 0 Å². The maximum absolute atomic E-state index is 6.32. The van der Waals surface area contributed by atoms with Crippen LogP contribution >= 0.6 is 11.6 Å². The Balaban J connectivity index is 1.43. The third-order valence-corrected chi connectivity index (χ3v) is 6.53. The first-order valence-electron chi connectivity index (χ1n) is 11.6. The maximum Gasteiger partial charge on any atom is 0.226 e. The highest BCUT2D eigenvalue weighted by molar-refractivity contribution is 6.28. The molecule has 0 fully saturated rings. The number of aromatic nitrogens is 4. The SMILES string of the molecule is C=Cc1ccc(-c2nc(Cl)nc(-c3ccc(-n4c5ccccc5c5ccccc54)cc3)n2)cc1C=C. The van der Waals surface area contributed by atoms with Crippen molar-refractivity contribution in [1.82, 2.24) is 19.5 Å². The Kier molecular flexibility index (Phi) is 5.44. The number of hydrogen-bond donors (Lipinski definition) is 0. The molecule has 0 amide bonds. The molecule has 172 valence electrons. The zero-order chi connectivity index (χ0) is 24.6. The van der Waals surface area contributed by atoms with Gasteiger partial charge in [0.15, 0.2) is 11.6 Å². The standard InChI is InChI=1S/C31H21ClN4/c1-3-20-13-14-23(19-21(20)4-2)30-33-29(34-31(32)35-30)22-15-17-24(18-16-22)36-27-11-7-5-9-25(27)26-10-6-8-12-28(26)36/h3-19H,1-2H2. The van der Waals surface area contributed by atoms with Crippen molar-refractivity contribution in [3.8, 4) is 28.5 Å². The smallest absolute Gasteiger partial charge is 0.226 e. The van der Waals surface area contributed by atoms with Crippen LogP contribution in [-0.4, -0.2) is 19.5 Å². The lowest BCUT2D eigenvalue weighted by Crippen LogP contribution is -1.98. The molecule has 0 aliphatic heterocycles. The van der Waals surface area contributed by atoms with Gasteiger partial charge in [-0.15, -0.1) is 0 Å². The largest absolute Gasteiger partial charge is 0.309 e. The molecule has 2 heterocycles. The highest BCUT2D eigenvalue weighted by Crippen LogP contribution is 2.32. The van der Waals surface area contributed by atoms with Crippen molar-refractivity contribution < 1.29 is 0 Å². The van der Waals surface area contributed by atoms with Crippen molar-refractivity contribution in [1.29, 1.82) is 0 Å². The van der Waals surface area contributed by atoms with E-state index in [2.05, 4.69) is 88.4 Å². The average molecular weight is 485 g/mol. The van der Waals surface area contributed by atoms with Gasteiger partial charge in [0.1, 0.15) is 0 Å². The minimum Gasteiger partial charge on any atom is -0.309 e. The van der Waals surface area contributed by atoms with E-state index in [9.17, 15) is 0 Å². The molecule has 0 bridgehead atoms. The second-order valence-corrected chi connectivity index (χ2v) is 8.76. The third kappa shape index (κ3) is 3.69. The van der Waals surface area contributed by atoms with Crippen LogP contribution in [0.1, 0.15) is 11.1 Å². The summed E-state index contributed by atoms with van der Waals surface area (Å²) in [6.07, 6.45) is 3.59. The molecule has 0 aliphatic carbocycles. The van der Waals surface area contributed by atoms with Crippen molar-refractivity contribution in [2.45, 2.75) is 0 Å². The summed E-state index contributed by atoms with van der Waals surface area (Å²) < 4.78 is 2.28. The van der Waals surface area contributed by atoms with Crippen LogP contribution in [0.25, 0.3) is 62.4 Å². The lowest BCUT2D eigenvalue weighted by Gasteiger charge is -2.10. The van der Waals surface area contributed by atoms with Gasteiger partial charge in [0.05, 0.1) is 11.0 Å². The van der Waals surface area contributed by atoms with E-state index in [4.69, 9.17) is 16.6 Å². The quantitative estimate of drug-likeness (QED) is 0.247. The van der Waals surface area contributed by atoms with E-state index in [0.717, 1.165) is 39.0 Å². The molecule has 0 aliphatic rings. The van der Waals surface area contributed by atoms with Crippen LogP contribution in [0.4, 0.5) is 0 Å². The van der Waals surface area contributed by atoms with Gasteiger partial charge in [-0.05, 0) is 65.2 Å². The number of nitrogens with zero attached hydrogens (tertiary/aromatic N) is 4. The van der Waals surface area contributed by atoms with E-state index in [1.54, 1.807) is 12.2 Å². The first-order chi connectivity index (χ1) is 17.7. The molecule has 0 saturated heterocycles. The van der Waals surface area contributed by atoms with Crippen molar-refractivity contribution in [3.63, 3.8) is 0 Å². The Labute approximate surface area is 213 Å². The number of para-hydroxylation sites is 2. The van der Waals surface area contributed by atoms with Gasteiger partial charge in [-0.1, -0.05) is 73.8 Å². The average Bonchev–Trinajstić information content (AvgIpc) is 3.27. The maximum atomic E-state index is 6.32. The Morgan fingerprint density at radius 3 is 1.78 bits per heavy atom. The molecule has 4 nitrogen and oxygen atoms in total. The summed E-state index contributed by atoms with van der Waals surface area (Å²) in [5.74, 6) is 1.03. The molecule has 0 unspecified atom stereocenters. The van der Waals surface area contributed by atoms with Crippen molar-refractivity contribution >= 4 is 45.6 Å². The minimum absolute atomic E-state index is 0.148. The van der Waals surface area contributed by atoms with Crippen molar-refractivity contribution in [2.75, 3.05) is 0 Å². The fraction of sp³-hybridized carbons (Fsp3) is 0. The summed E-state index contributed by atoms with van der Waals surface area (Å²) in [4.78, 5) is 13.5.